The lowest BCUT2D eigenvalue weighted by Gasteiger charge is -2.35. The Morgan fingerprint density at radius 3 is 2.67 bits per heavy atom. The Morgan fingerprint density at radius 2 is 2.00 bits per heavy atom. The van der Waals surface area contributed by atoms with Crippen molar-refractivity contribution in [2.75, 3.05) is 25.6 Å². The van der Waals surface area contributed by atoms with Crippen molar-refractivity contribution < 1.29 is 4.74 Å². The molecule has 18 heavy (non-hydrogen) atoms. The first kappa shape index (κ1) is 14.6. The van der Waals surface area contributed by atoms with Gasteiger partial charge >= 0.3 is 0 Å². The van der Waals surface area contributed by atoms with Crippen LogP contribution >= 0.6 is 11.6 Å². The minimum Gasteiger partial charge on any atom is -0.378 e. The molecule has 2 fully saturated rings. The highest BCUT2D eigenvalue weighted by atomic mass is 35.5. The fraction of sp³-hybridized carbons (Fsp3) is 1.00. The van der Waals surface area contributed by atoms with Gasteiger partial charge in [-0.25, -0.2) is 0 Å². The third kappa shape index (κ3) is 4.40. The summed E-state index contributed by atoms with van der Waals surface area (Å²) in [7, 11) is 0. The monoisotopic (exact) mass is 273 g/mol. The van der Waals surface area contributed by atoms with E-state index in [9.17, 15) is 0 Å². The zero-order valence-electron chi connectivity index (χ0n) is 11.6. The molecule has 0 bridgehead atoms. The average Bonchev–Trinajstić information content (AvgIpc) is 2.93. The van der Waals surface area contributed by atoms with E-state index in [1.54, 1.807) is 0 Å². The number of nitrogens with one attached hydrogen (secondary N) is 1. The number of ether oxygens (including phenoxy) is 1. The van der Waals surface area contributed by atoms with Crippen molar-refractivity contribution in [3.8, 4) is 0 Å². The van der Waals surface area contributed by atoms with Crippen molar-refractivity contribution in [1.29, 1.82) is 0 Å². The van der Waals surface area contributed by atoms with Gasteiger partial charge in [-0.1, -0.05) is 19.3 Å². The number of hydrogen-bond acceptors (Lipinski definition) is 2. The SMILES string of the molecule is ClCC1(CNCCCC2CCCO2)CCCCC1. The Balaban J connectivity index is 1.55. The smallest absolute Gasteiger partial charge is 0.0576 e. The molecule has 0 amide bonds. The van der Waals surface area contributed by atoms with Crippen LogP contribution in [-0.4, -0.2) is 31.7 Å². The van der Waals surface area contributed by atoms with E-state index in [0.717, 1.165) is 25.6 Å². The molecule has 1 unspecified atom stereocenters. The van der Waals surface area contributed by atoms with Crippen molar-refractivity contribution in [2.24, 2.45) is 5.41 Å². The molecular formula is C15H28ClNO. The summed E-state index contributed by atoms with van der Waals surface area (Å²) in [5.41, 5.74) is 0.393. The van der Waals surface area contributed by atoms with E-state index < -0.39 is 0 Å². The fourth-order valence-electron chi connectivity index (χ4n) is 3.34. The van der Waals surface area contributed by atoms with Gasteiger partial charge in [0.25, 0.3) is 0 Å². The molecule has 0 aromatic carbocycles. The number of rotatable bonds is 7. The lowest BCUT2D eigenvalue weighted by atomic mass is 9.75. The van der Waals surface area contributed by atoms with Crippen LogP contribution in [0.4, 0.5) is 0 Å². The van der Waals surface area contributed by atoms with E-state index in [4.69, 9.17) is 16.3 Å². The average molecular weight is 274 g/mol. The van der Waals surface area contributed by atoms with Crippen LogP contribution in [0.1, 0.15) is 57.8 Å². The zero-order valence-corrected chi connectivity index (χ0v) is 12.3. The summed E-state index contributed by atoms with van der Waals surface area (Å²) >= 11 is 6.19. The molecule has 1 heterocycles. The molecule has 2 aliphatic rings. The molecular weight excluding hydrogens is 246 g/mol. The Morgan fingerprint density at radius 1 is 1.17 bits per heavy atom. The first-order chi connectivity index (χ1) is 8.85. The first-order valence-corrected chi connectivity index (χ1v) is 8.26. The molecule has 106 valence electrons. The van der Waals surface area contributed by atoms with Crippen molar-refractivity contribution >= 4 is 11.6 Å². The number of halogens is 1. The van der Waals surface area contributed by atoms with Gasteiger partial charge in [-0.05, 0) is 50.5 Å². The molecule has 1 N–H and O–H groups in total. The Kier molecular flexibility index (Phi) is 6.26. The van der Waals surface area contributed by atoms with Crippen molar-refractivity contribution in [3.63, 3.8) is 0 Å². The standard InChI is InChI=1S/C15H28ClNO/c16-12-15(8-2-1-3-9-15)13-17-10-4-6-14-7-5-11-18-14/h14,17H,1-13H2. The summed E-state index contributed by atoms with van der Waals surface area (Å²) in [6, 6.07) is 0. The van der Waals surface area contributed by atoms with E-state index >= 15 is 0 Å². The van der Waals surface area contributed by atoms with Crippen LogP contribution in [0.3, 0.4) is 0 Å². The number of alkyl halides is 1. The molecule has 3 heteroatoms. The molecule has 0 spiro atoms. The fourth-order valence-corrected chi connectivity index (χ4v) is 3.70. The summed E-state index contributed by atoms with van der Waals surface area (Å²) in [6.45, 7) is 3.22. The van der Waals surface area contributed by atoms with Gasteiger partial charge < -0.3 is 10.1 Å². The van der Waals surface area contributed by atoms with Gasteiger partial charge in [0.2, 0.25) is 0 Å². The van der Waals surface area contributed by atoms with Gasteiger partial charge in [-0.15, -0.1) is 11.6 Å². The zero-order chi connectivity index (χ0) is 12.7. The highest BCUT2D eigenvalue weighted by Gasteiger charge is 2.30. The molecule has 1 aliphatic carbocycles. The summed E-state index contributed by atoms with van der Waals surface area (Å²) in [6.07, 6.45) is 12.3. The third-order valence-corrected chi connectivity index (χ3v) is 5.17. The van der Waals surface area contributed by atoms with Gasteiger partial charge in [0, 0.05) is 19.0 Å². The minimum absolute atomic E-state index is 0.393. The van der Waals surface area contributed by atoms with E-state index in [2.05, 4.69) is 5.32 Å². The van der Waals surface area contributed by atoms with Crippen molar-refractivity contribution in [3.05, 3.63) is 0 Å². The maximum absolute atomic E-state index is 6.19. The van der Waals surface area contributed by atoms with E-state index in [-0.39, 0.29) is 0 Å². The van der Waals surface area contributed by atoms with Crippen molar-refractivity contribution in [1.82, 2.24) is 5.32 Å². The largest absolute Gasteiger partial charge is 0.378 e. The lowest BCUT2D eigenvalue weighted by molar-refractivity contribution is 0.102. The quantitative estimate of drug-likeness (QED) is 0.564. The molecule has 1 atom stereocenters. The van der Waals surface area contributed by atoms with Crippen LogP contribution in [-0.2, 0) is 4.74 Å². The van der Waals surface area contributed by atoms with E-state index in [0.29, 0.717) is 11.5 Å². The first-order valence-electron chi connectivity index (χ1n) is 7.73. The second-order valence-corrected chi connectivity index (χ2v) is 6.42. The van der Waals surface area contributed by atoms with E-state index in [1.807, 2.05) is 0 Å². The highest BCUT2D eigenvalue weighted by molar-refractivity contribution is 6.18. The summed E-state index contributed by atoms with van der Waals surface area (Å²) in [5, 5.41) is 3.63. The Bertz CT molecular complexity index is 223. The molecule has 0 aromatic rings. The van der Waals surface area contributed by atoms with Crippen LogP contribution in [0.5, 0.6) is 0 Å². The predicted octanol–water partition coefficient (Wildman–Crippen LogP) is 3.72. The minimum atomic E-state index is 0.393. The molecule has 2 nitrogen and oxygen atoms in total. The van der Waals surface area contributed by atoms with Crippen LogP contribution < -0.4 is 5.32 Å². The van der Waals surface area contributed by atoms with Gasteiger partial charge in [0.05, 0.1) is 6.10 Å². The lowest BCUT2D eigenvalue weighted by Crippen LogP contribution is -2.38. The van der Waals surface area contributed by atoms with Crippen LogP contribution in [0.25, 0.3) is 0 Å². The summed E-state index contributed by atoms with van der Waals surface area (Å²) in [4.78, 5) is 0. The maximum atomic E-state index is 6.19. The van der Waals surface area contributed by atoms with Gasteiger partial charge in [-0.3, -0.25) is 0 Å². The third-order valence-electron chi connectivity index (χ3n) is 4.60. The summed E-state index contributed by atoms with van der Waals surface area (Å²) < 4.78 is 5.64. The van der Waals surface area contributed by atoms with Gasteiger partial charge in [-0.2, -0.15) is 0 Å². The predicted molar refractivity (Wildman–Crippen MR) is 77.3 cm³/mol. The molecule has 1 aliphatic heterocycles. The Hall–Kier alpha value is 0.210. The normalized spacial score (nSPS) is 27.5. The molecule has 1 saturated heterocycles. The van der Waals surface area contributed by atoms with Crippen molar-refractivity contribution in [2.45, 2.75) is 63.9 Å². The molecule has 1 saturated carbocycles. The highest BCUT2D eigenvalue weighted by Crippen LogP contribution is 2.36. The van der Waals surface area contributed by atoms with Crippen LogP contribution in [0, 0.1) is 5.41 Å². The van der Waals surface area contributed by atoms with Gasteiger partial charge in [0.15, 0.2) is 0 Å². The topological polar surface area (TPSA) is 21.3 Å². The second-order valence-electron chi connectivity index (χ2n) is 6.15. The van der Waals surface area contributed by atoms with E-state index in [1.165, 1.54) is 57.8 Å². The maximum Gasteiger partial charge on any atom is 0.0576 e. The second kappa shape index (κ2) is 7.72. The van der Waals surface area contributed by atoms with Crippen LogP contribution in [0.15, 0.2) is 0 Å². The van der Waals surface area contributed by atoms with Crippen LogP contribution in [0.2, 0.25) is 0 Å². The molecule has 2 rings (SSSR count). The molecule has 0 aromatic heterocycles. The number of hydrogen-bond donors (Lipinski definition) is 1. The van der Waals surface area contributed by atoms with Gasteiger partial charge in [0.1, 0.15) is 0 Å². The summed E-state index contributed by atoms with van der Waals surface area (Å²) in [5.74, 6) is 0.825. The Labute approximate surface area is 117 Å². The molecule has 0 radical (unpaired) electrons.